The van der Waals surface area contributed by atoms with E-state index in [0.29, 0.717) is 19.3 Å². The summed E-state index contributed by atoms with van der Waals surface area (Å²) < 4.78 is 17.0. The van der Waals surface area contributed by atoms with E-state index in [1.165, 1.54) is 250 Å². The van der Waals surface area contributed by atoms with E-state index in [9.17, 15) is 14.4 Å². The molecule has 0 aromatic heterocycles. The Morgan fingerprint density at radius 1 is 0.274 bits per heavy atom. The minimum Gasteiger partial charge on any atom is -0.462 e. The lowest BCUT2D eigenvalue weighted by Gasteiger charge is -2.18. The molecular formula is C67H124O6. The summed E-state index contributed by atoms with van der Waals surface area (Å²) in [6.45, 7) is 6.67. The molecule has 6 nitrogen and oxygen atoms in total. The molecule has 0 rings (SSSR count). The second kappa shape index (κ2) is 62.2. The van der Waals surface area contributed by atoms with Crippen LogP contribution in [0, 0.1) is 0 Å². The topological polar surface area (TPSA) is 78.9 Å². The number of esters is 3. The van der Waals surface area contributed by atoms with E-state index in [1.807, 2.05) is 0 Å². The molecule has 0 aliphatic rings. The van der Waals surface area contributed by atoms with Crippen LogP contribution >= 0.6 is 0 Å². The first-order valence-corrected chi connectivity index (χ1v) is 32.5. The zero-order valence-corrected chi connectivity index (χ0v) is 49.2. The molecular weight excluding hydrogens is 901 g/mol. The molecule has 0 saturated heterocycles. The molecule has 1 atom stereocenters. The Bertz CT molecular complexity index is 1220. The van der Waals surface area contributed by atoms with Crippen LogP contribution in [0.5, 0.6) is 0 Å². The highest BCUT2D eigenvalue weighted by atomic mass is 16.6. The van der Waals surface area contributed by atoms with Crippen molar-refractivity contribution in [3.05, 3.63) is 36.5 Å². The van der Waals surface area contributed by atoms with Gasteiger partial charge in [-0.3, -0.25) is 14.4 Å². The van der Waals surface area contributed by atoms with E-state index >= 15 is 0 Å². The fraction of sp³-hybridized carbons (Fsp3) is 0.866. The molecule has 428 valence electrons. The van der Waals surface area contributed by atoms with E-state index in [-0.39, 0.29) is 31.1 Å². The first kappa shape index (κ1) is 70.6. The lowest BCUT2D eigenvalue weighted by molar-refractivity contribution is -0.167. The van der Waals surface area contributed by atoms with Gasteiger partial charge in [0.05, 0.1) is 0 Å². The standard InChI is InChI=1S/C67H124O6/c1-4-7-10-13-16-19-22-25-28-31-33-36-38-41-44-47-50-53-56-59-65(68)71-62-64(73-67(70)61-58-55-52-49-46-43-40-35-30-27-24-21-18-15-12-9-6-3)63-72-66(69)60-57-54-51-48-45-42-39-37-34-32-29-26-23-20-17-14-11-8-5-2/h16,19,25,27-28,30,64H,4-15,17-18,20-24,26,29,31-63H2,1-3H3/b19-16-,28-25-,30-27-/t64-/m1/s1. The van der Waals surface area contributed by atoms with Crippen LogP contribution in [0.15, 0.2) is 36.5 Å². The van der Waals surface area contributed by atoms with Gasteiger partial charge in [0, 0.05) is 19.3 Å². The largest absolute Gasteiger partial charge is 0.462 e. The lowest BCUT2D eigenvalue weighted by Crippen LogP contribution is -2.30. The Kier molecular flexibility index (Phi) is 60.2. The van der Waals surface area contributed by atoms with E-state index in [1.54, 1.807) is 0 Å². The zero-order valence-electron chi connectivity index (χ0n) is 49.2. The average molecular weight is 1030 g/mol. The summed E-state index contributed by atoms with van der Waals surface area (Å²) in [4.78, 5) is 38.3. The summed E-state index contributed by atoms with van der Waals surface area (Å²) in [6, 6.07) is 0. The van der Waals surface area contributed by atoms with Gasteiger partial charge >= 0.3 is 17.9 Å². The van der Waals surface area contributed by atoms with E-state index in [4.69, 9.17) is 14.2 Å². The number of carbonyl (C=O) groups is 3. The Morgan fingerprint density at radius 3 is 0.795 bits per heavy atom. The number of allylic oxidation sites excluding steroid dienone is 6. The maximum Gasteiger partial charge on any atom is 0.306 e. The van der Waals surface area contributed by atoms with Gasteiger partial charge in [0.15, 0.2) is 6.10 Å². The smallest absolute Gasteiger partial charge is 0.306 e. The van der Waals surface area contributed by atoms with Gasteiger partial charge in [0.2, 0.25) is 0 Å². The van der Waals surface area contributed by atoms with Crippen molar-refractivity contribution in [2.75, 3.05) is 13.2 Å². The van der Waals surface area contributed by atoms with Crippen LogP contribution in [0.25, 0.3) is 0 Å². The molecule has 0 unspecified atom stereocenters. The SMILES string of the molecule is CCCCC/C=C\C/C=C\CCCCCCCCCCCC(=O)OC[C@H](COC(=O)CCCCCCCCCCCCCCCCCCCCC)OC(=O)CCCCCCCCC/C=C\CCCCCCCC. The van der Waals surface area contributed by atoms with Crippen molar-refractivity contribution in [3.63, 3.8) is 0 Å². The molecule has 0 aromatic carbocycles. The summed E-state index contributed by atoms with van der Waals surface area (Å²) in [7, 11) is 0. The number of unbranched alkanes of at least 4 members (excludes halogenated alkanes) is 43. The molecule has 0 spiro atoms. The normalized spacial score (nSPS) is 12.2. The van der Waals surface area contributed by atoms with Crippen molar-refractivity contribution in [1.82, 2.24) is 0 Å². The first-order chi connectivity index (χ1) is 36.0. The zero-order chi connectivity index (χ0) is 52.9. The highest BCUT2D eigenvalue weighted by Crippen LogP contribution is 2.17. The van der Waals surface area contributed by atoms with Gasteiger partial charge in [-0.15, -0.1) is 0 Å². The third-order valence-electron chi connectivity index (χ3n) is 14.6. The molecule has 0 bridgehead atoms. The molecule has 0 aliphatic heterocycles. The van der Waals surface area contributed by atoms with Crippen LogP contribution in [-0.4, -0.2) is 37.2 Å². The summed E-state index contributed by atoms with van der Waals surface area (Å²) in [6.07, 6.45) is 75.7. The van der Waals surface area contributed by atoms with Gasteiger partial charge in [0.25, 0.3) is 0 Å². The van der Waals surface area contributed by atoms with Crippen LogP contribution in [0.4, 0.5) is 0 Å². The molecule has 0 aliphatic carbocycles. The van der Waals surface area contributed by atoms with Gasteiger partial charge in [-0.2, -0.15) is 0 Å². The van der Waals surface area contributed by atoms with Gasteiger partial charge in [-0.25, -0.2) is 0 Å². The van der Waals surface area contributed by atoms with E-state index in [2.05, 4.69) is 57.2 Å². The van der Waals surface area contributed by atoms with Crippen LogP contribution in [0.1, 0.15) is 355 Å². The van der Waals surface area contributed by atoms with Crippen LogP contribution in [0.2, 0.25) is 0 Å². The highest BCUT2D eigenvalue weighted by Gasteiger charge is 2.19. The second-order valence-electron chi connectivity index (χ2n) is 22.0. The van der Waals surface area contributed by atoms with Crippen LogP contribution < -0.4 is 0 Å². The predicted molar refractivity (Wildman–Crippen MR) is 316 cm³/mol. The number of hydrogen-bond donors (Lipinski definition) is 0. The van der Waals surface area contributed by atoms with Gasteiger partial charge in [-0.05, 0) is 77.0 Å². The maximum absolute atomic E-state index is 12.9. The fourth-order valence-corrected chi connectivity index (χ4v) is 9.71. The molecule has 0 radical (unpaired) electrons. The highest BCUT2D eigenvalue weighted by molar-refractivity contribution is 5.71. The van der Waals surface area contributed by atoms with Crippen LogP contribution in [0.3, 0.4) is 0 Å². The van der Waals surface area contributed by atoms with Gasteiger partial charge < -0.3 is 14.2 Å². The number of ether oxygens (including phenoxy) is 3. The third kappa shape index (κ3) is 60.4. The molecule has 6 heteroatoms. The van der Waals surface area contributed by atoms with Crippen molar-refractivity contribution >= 4 is 17.9 Å². The quantitative estimate of drug-likeness (QED) is 0.0261. The maximum atomic E-state index is 12.9. The molecule has 0 saturated carbocycles. The minimum atomic E-state index is -0.774. The minimum absolute atomic E-state index is 0.0707. The molecule has 0 aromatic rings. The first-order valence-electron chi connectivity index (χ1n) is 32.5. The Morgan fingerprint density at radius 2 is 0.493 bits per heavy atom. The van der Waals surface area contributed by atoms with E-state index in [0.717, 1.165) is 64.2 Å². The summed E-state index contributed by atoms with van der Waals surface area (Å²) in [5.74, 6) is -0.854. The summed E-state index contributed by atoms with van der Waals surface area (Å²) in [5.41, 5.74) is 0. The van der Waals surface area contributed by atoms with Crippen molar-refractivity contribution in [3.8, 4) is 0 Å². The van der Waals surface area contributed by atoms with Crippen molar-refractivity contribution in [1.29, 1.82) is 0 Å². The Hall–Kier alpha value is -2.37. The third-order valence-corrected chi connectivity index (χ3v) is 14.6. The molecule has 0 N–H and O–H groups in total. The number of hydrogen-bond acceptors (Lipinski definition) is 6. The van der Waals surface area contributed by atoms with Gasteiger partial charge in [-0.1, -0.05) is 295 Å². The monoisotopic (exact) mass is 1020 g/mol. The molecule has 0 heterocycles. The lowest BCUT2D eigenvalue weighted by atomic mass is 10.0. The van der Waals surface area contributed by atoms with E-state index < -0.39 is 6.10 Å². The molecule has 0 fully saturated rings. The van der Waals surface area contributed by atoms with Crippen molar-refractivity contribution in [2.45, 2.75) is 361 Å². The van der Waals surface area contributed by atoms with Crippen molar-refractivity contribution in [2.24, 2.45) is 0 Å². The summed E-state index contributed by atoms with van der Waals surface area (Å²) >= 11 is 0. The van der Waals surface area contributed by atoms with Gasteiger partial charge in [0.1, 0.15) is 13.2 Å². The number of rotatable bonds is 60. The number of carbonyl (C=O) groups excluding carboxylic acids is 3. The molecule has 73 heavy (non-hydrogen) atoms. The Balaban J connectivity index is 4.33. The average Bonchev–Trinajstić information content (AvgIpc) is 3.39. The summed E-state index contributed by atoms with van der Waals surface area (Å²) in [5, 5.41) is 0. The fourth-order valence-electron chi connectivity index (χ4n) is 9.71. The predicted octanol–water partition coefficient (Wildman–Crippen LogP) is 22.0. The molecule has 0 amide bonds. The van der Waals surface area contributed by atoms with Crippen molar-refractivity contribution < 1.29 is 28.6 Å². The Labute approximate surface area is 455 Å². The second-order valence-corrected chi connectivity index (χ2v) is 22.0. The van der Waals surface area contributed by atoms with Crippen LogP contribution in [-0.2, 0) is 28.6 Å².